The van der Waals surface area contributed by atoms with Crippen LogP contribution in [0.1, 0.15) is 0 Å². The number of hydrogen-bond acceptors (Lipinski definition) is 10. The Morgan fingerprint density at radius 2 is 0.140 bits per heavy atom. The smallest absolute Gasteiger partial charge is 1.00 e. The van der Waals surface area contributed by atoms with E-state index in [1.807, 2.05) is 0 Å². The minimum absolute atomic E-state index is 0. The van der Waals surface area contributed by atoms with Crippen LogP contribution in [0, 0.1) is 0 Å². The first kappa shape index (κ1) is 362. The third kappa shape index (κ3) is 6810. The molecule has 0 atom stereocenters. The first-order valence-corrected chi connectivity index (χ1v) is 5.24. The van der Waals surface area contributed by atoms with Crippen molar-refractivity contribution in [3.05, 3.63) is 57.3 Å². The van der Waals surface area contributed by atoms with Crippen LogP contribution in [0.15, 0.2) is 0 Å². The van der Waals surface area contributed by atoms with E-state index in [-0.39, 0.29) is 469 Å². The van der Waals surface area contributed by atoms with Crippen molar-refractivity contribution in [1.82, 2.24) is 0 Å². The van der Waals surface area contributed by atoms with E-state index in [9.17, 15) is 0 Å². The van der Waals surface area contributed by atoms with Gasteiger partial charge in [-0.05, 0) is 0 Å². The summed E-state index contributed by atoms with van der Waals surface area (Å²) >= 11 is 0. The summed E-state index contributed by atoms with van der Waals surface area (Å²) in [5.74, 6) is 0. The topological polar surface area (TPSA) is 409 Å². The molecule has 340 valence electrons. The van der Waals surface area contributed by atoms with Crippen molar-refractivity contribution < 1.29 is 453 Å². The van der Waals surface area contributed by atoms with Crippen molar-refractivity contribution in [3.8, 4) is 0 Å². The van der Waals surface area contributed by atoms with Crippen LogP contribution in [-0.4, -0.2) is 64.1 Å². The van der Waals surface area contributed by atoms with E-state index in [0.29, 0.717) is 0 Å². The molecule has 0 aromatic heterocycles. The fourth-order valence-corrected chi connectivity index (χ4v) is 0. The van der Waals surface area contributed by atoms with E-state index in [1.165, 1.54) is 0 Å². The summed E-state index contributed by atoms with van der Waals surface area (Å²) < 4.78 is 0. The standard InChI is InChI=1S/10CH3NO.20ClH.7Ta/c10*2-1-3;;;;;;;;;;;;;;;;;;;;;;;;;;;/h10*1H,(H2,2,3);20*1H;;;;;;;/q;;;;;;;;;;;;;;;;;;;;;;;;;;;;;;7*+5/p-30. The van der Waals surface area contributed by atoms with Crippen LogP contribution in [-0.2, 0) is 205 Å². The summed E-state index contributed by atoms with van der Waals surface area (Å²) in [7, 11) is 0. The molecule has 0 saturated carbocycles. The summed E-state index contributed by atoms with van der Waals surface area (Å²) in [6, 6.07) is 0. The van der Waals surface area contributed by atoms with Crippen molar-refractivity contribution in [1.29, 1.82) is 0 Å². The zero-order valence-corrected chi connectivity index (χ0v) is 63.2. The van der Waals surface area contributed by atoms with Crippen LogP contribution >= 0.6 is 0 Å². The van der Waals surface area contributed by atoms with Crippen molar-refractivity contribution in [3.63, 3.8) is 0 Å². The quantitative estimate of drug-likeness (QED) is 0.206. The van der Waals surface area contributed by atoms with Crippen molar-refractivity contribution in [2.75, 3.05) is 0 Å². The van der Waals surface area contributed by atoms with E-state index in [2.05, 4.69) is 0 Å². The minimum Gasteiger partial charge on any atom is -1.00 e. The molecule has 0 aliphatic rings. The molecular formula is C10H20Cl20N10O10Ta7+5. The van der Waals surface area contributed by atoms with Gasteiger partial charge in [-0.15, -0.1) is 0 Å². The Labute approximate surface area is 565 Å². The van der Waals surface area contributed by atoms with Gasteiger partial charge in [0.2, 0.25) is 0 Å². The molecule has 0 aliphatic heterocycles. The fraction of sp³-hybridized carbons (Fsp3) is 0. The molecule has 0 aromatic rings. The largest absolute Gasteiger partial charge is 5.00 e. The number of hydrogen-bond donors (Lipinski definition) is 0. The monoisotopic (exact) mass is 2410 g/mol. The summed E-state index contributed by atoms with van der Waals surface area (Å²) in [5.41, 5.74) is 55.3. The van der Waals surface area contributed by atoms with E-state index < -0.39 is 0 Å². The second-order valence-corrected chi connectivity index (χ2v) is 1.18. The van der Waals surface area contributed by atoms with Crippen LogP contribution in [0.25, 0.3) is 57.3 Å². The average Bonchev–Trinajstić information content (AvgIpc) is 2.61. The molecule has 0 aromatic carbocycles. The maximum Gasteiger partial charge on any atom is 5.00 e. The maximum atomic E-state index is 8.47. The van der Waals surface area contributed by atoms with Gasteiger partial charge in [-0.3, -0.25) is 0 Å². The van der Waals surface area contributed by atoms with E-state index in [0.717, 1.165) is 0 Å². The van der Waals surface area contributed by atoms with E-state index >= 15 is 0 Å². The first-order valence-electron chi connectivity index (χ1n) is 5.24. The molecule has 0 rings (SSSR count). The maximum absolute atomic E-state index is 8.47. The third-order valence-corrected chi connectivity index (χ3v) is 0. The Hall–Kier alpha value is 5.68. The summed E-state index contributed by atoms with van der Waals surface area (Å²) in [5, 5.41) is 0. The average molecular weight is 2420 g/mol. The summed E-state index contributed by atoms with van der Waals surface area (Å²) in [4.78, 5) is 84.7. The van der Waals surface area contributed by atoms with Gasteiger partial charge < -0.3 is 353 Å². The van der Waals surface area contributed by atoms with Gasteiger partial charge in [0.1, 0.15) is 0 Å². The van der Waals surface area contributed by atoms with Gasteiger partial charge >= 0.3 is 157 Å². The van der Waals surface area contributed by atoms with Crippen LogP contribution < -0.4 is 248 Å². The predicted octanol–water partition coefficient (Wildman–Crippen LogP) is -58.0. The van der Waals surface area contributed by atoms with Gasteiger partial charge in [-0.1, -0.05) is 0 Å². The molecule has 10 amide bonds. The molecule has 0 bridgehead atoms. The molecule has 57 heavy (non-hydrogen) atoms. The normalized spacial score (nSPS) is 2.11. The Kier molecular flexibility index (Phi) is 5860. The molecule has 0 radical (unpaired) electrons. The zero-order chi connectivity index (χ0) is 27.1. The van der Waals surface area contributed by atoms with E-state index in [1.54, 1.807) is 0 Å². The molecule has 0 aliphatic carbocycles. The zero-order valence-electron chi connectivity index (χ0n) is 25.5. The Balaban J connectivity index is -0.00000000212. The first-order chi connectivity index (χ1) is 14.1. The Morgan fingerprint density at radius 3 is 0.140 bits per heavy atom. The number of carbonyl (C=O) groups is 10. The molecule has 0 heterocycles. The summed E-state index contributed by atoms with van der Waals surface area (Å²) in [6.45, 7) is 0. The third-order valence-electron chi connectivity index (χ3n) is 0. The van der Waals surface area contributed by atoms with Gasteiger partial charge in [0.25, 0.3) is 0 Å². The number of carbonyl (C=O) groups excluding carboxylic acids is 10. The second kappa shape index (κ2) is 924. The Bertz CT molecular complexity index is 301. The SMILES string of the molecule is [Cl-].[Cl-].[Cl-].[Cl-].[Cl-].[Cl-].[Cl-].[Cl-].[Cl-].[Cl-].[Cl-].[Cl-].[Cl-].[Cl-].[Cl-].[Cl-].[Cl-].[Cl-].[Cl-].[Cl-].[NH-]C=O.[NH-]C=O.[NH-]C=O.[NH-]C=O.[NH-]C=O.[NH-]C=O.[NH-]C=O.[NH-]C=O.[NH-]C=O.[NH-]C=O.[Ta+5].[Ta+5].[Ta+5].[Ta+5].[Ta+5].[Ta+5].[Ta+5]. The minimum atomic E-state index is 0. The van der Waals surface area contributed by atoms with Crippen LogP contribution in [0.2, 0.25) is 0 Å². The van der Waals surface area contributed by atoms with Gasteiger partial charge in [0, 0.05) is 64.1 Å². The van der Waals surface area contributed by atoms with E-state index in [4.69, 9.17) is 105 Å². The summed E-state index contributed by atoms with van der Waals surface area (Å²) in [6.07, 6.45) is 0. The van der Waals surface area contributed by atoms with Crippen LogP contribution in [0.4, 0.5) is 0 Å². The van der Waals surface area contributed by atoms with Crippen molar-refractivity contribution in [2.24, 2.45) is 0 Å². The van der Waals surface area contributed by atoms with Crippen LogP contribution in [0.5, 0.6) is 0 Å². The Morgan fingerprint density at radius 1 is 0.140 bits per heavy atom. The number of halogens is 20. The fourth-order valence-electron chi connectivity index (χ4n) is 0. The number of nitrogens with one attached hydrogen (secondary N) is 10. The number of amides is 10. The van der Waals surface area contributed by atoms with Crippen molar-refractivity contribution in [2.45, 2.75) is 0 Å². The van der Waals surface area contributed by atoms with Gasteiger partial charge in [0.05, 0.1) is 0 Å². The molecule has 0 unspecified atom stereocenters. The van der Waals surface area contributed by atoms with Crippen molar-refractivity contribution >= 4 is 64.1 Å². The van der Waals surface area contributed by atoms with Crippen LogP contribution in [0.3, 0.4) is 0 Å². The molecule has 10 N–H and O–H groups in total. The molecule has 0 fully saturated rings. The van der Waals surface area contributed by atoms with Gasteiger partial charge in [-0.25, -0.2) is 0 Å². The molecule has 20 nitrogen and oxygen atoms in total. The number of rotatable bonds is 0. The second-order valence-electron chi connectivity index (χ2n) is 1.18. The van der Waals surface area contributed by atoms with Gasteiger partial charge in [-0.2, -0.15) is 0 Å². The predicted molar refractivity (Wildman–Crippen MR) is 104 cm³/mol. The molecule has 0 spiro atoms. The molecule has 0 saturated heterocycles. The molecule has 47 heteroatoms. The molecular weight excluding hydrogens is 2400 g/mol. The van der Waals surface area contributed by atoms with Gasteiger partial charge in [0.15, 0.2) is 0 Å².